The average molecular weight is 724 g/mol. The van der Waals surface area contributed by atoms with E-state index in [0.717, 1.165) is 17.7 Å². The number of carbonyl (C=O) groups excluding carboxylic acids is 3. The van der Waals surface area contributed by atoms with Crippen LogP contribution in [0.25, 0.3) is 0 Å². The number of halogens is 3. The predicted molar refractivity (Wildman–Crippen MR) is 131 cm³/mol. The fourth-order valence-electron chi connectivity index (χ4n) is 3.00. The molecule has 0 bridgehead atoms. The van der Waals surface area contributed by atoms with Crippen LogP contribution in [-0.2, 0) is 14.4 Å². The van der Waals surface area contributed by atoms with Crippen molar-refractivity contribution in [1.82, 2.24) is 0 Å². The van der Waals surface area contributed by atoms with Crippen LogP contribution in [0.5, 0.6) is 0 Å². The molecule has 0 spiro atoms. The van der Waals surface area contributed by atoms with Gasteiger partial charge < -0.3 is 10.0 Å². The molecule has 1 aromatic rings. The second kappa shape index (κ2) is 10.00. The van der Waals surface area contributed by atoms with E-state index in [1.54, 1.807) is 0 Å². The highest BCUT2D eigenvalue weighted by molar-refractivity contribution is 14.1. The normalized spacial score (nSPS) is 14.4. The number of unbranched alkanes of at least 4 members (excludes halogenated alkanes) is 1. The van der Waals surface area contributed by atoms with Crippen molar-refractivity contribution in [2.75, 3.05) is 16.3 Å². The van der Waals surface area contributed by atoms with E-state index >= 15 is 0 Å². The van der Waals surface area contributed by atoms with Gasteiger partial charge in [0.2, 0.25) is 17.7 Å². The van der Waals surface area contributed by atoms with Gasteiger partial charge in [0, 0.05) is 26.3 Å². The fraction of sp³-hybridized carbons (Fsp3) is 0.444. The number of carboxylic acid groups (broad SMARTS) is 1. The molecule has 10 heteroatoms. The first-order valence-electron chi connectivity index (χ1n) is 8.71. The number of carbonyl (C=O) groups is 4. The molecule has 0 aliphatic carbocycles. The maximum atomic E-state index is 12.5. The van der Waals surface area contributed by atoms with Gasteiger partial charge in [-0.2, -0.15) is 0 Å². The van der Waals surface area contributed by atoms with E-state index in [4.69, 9.17) is 0 Å². The molecule has 3 amide bonds. The van der Waals surface area contributed by atoms with Crippen molar-refractivity contribution in [3.05, 3.63) is 16.3 Å². The third kappa shape index (κ3) is 4.63. The molecule has 1 heterocycles. The molecule has 0 unspecified atom stereocenters. The number of piperidine rings is 1. The summed E-state index contributed by atoms with van der Waals surface area (Å²) >= 11 is 5.82. The summed E-state index contributed by atoms with van der Waals surface area (Å²) in [6.07, 6.45) is 2.56. The third-order valence-corrected chi connectivity index (χ3v) is 7.50. The molecular formula is C18H19I3N2O5. The molecule has 2 rings (SSSR count). The van der Waals surface area contributed by atoms with Crippen molar-refractivity contribution in [2.45, 2.75) is 46.0 Å². The summed E-state index contributed by atoms with van der Waals surface area (Å²) in [6, 6.07) is 0. The number of anilines is 2. The number of aromatic carboxylic acids is 1. The van der Waals surface area contributed by atoms with E-state index in [1.807, 2.05) is 74.7 Å². The molecule has 1 aromatic carbocycles. The van der Waals surface area contributed by atoms with Gasteiger partial charge in [-0.05, 0) is 80.6 Å². The zero-order valence-electron chi connectivity index (χ0n) is 15.4. The molecule has 1 aliphatic heterocycles. The van der Waals surface area contributed by atoms with Crippen LogP contribution in [0.3, 0.4) is 0 Å². The molecule has 0 aromatic heterocycles. The van der Waals surface area contributed by atoms with Gasteiger partial charge in [-0.15, -0.1) is 0 Å². The molecule has 1 N–H and O–H groups in total. The van der Waals surface area contributed by atoms with E-state index in [-0.39, 0.29) is 41.8 Å². The van der Waals surface area contributed by atoms with Crippen LogP contribution in [0.2, 0.25) is 0 Å². The van der Waals surface area contributed by atoms with Gasteiger partial charge in [-0.25, -0.2) is 9.69 Å². The van der Waals surface area contributed by atoms with Gasteiger partial charge in [-0.1, -0.05) is 13.3 Å². The summed E-state index contributed by atoms with van der Waals surface area (Å²) in [5.41, 5.74) is 0.716. The summed E-state index contributed by atoms with van der Waals surface area (Å²) in [6.45, 7) is 3.86. The molecule has 1 fully saturated rings. The van der Waals surface area contributed by atoms with Gasteiger partial charge in [0.15, 0.2) is 0 Å². The Morgan fingerprint density at radius 3 is 2.11 bits per heavy atom. The minimum atomic E-state index is -1.16. The lowest BCUT2D eigenvalue weighted by molar-refractivity contribution is -0.129. The molecule has 152 valence electrons. The topological polar surface area (TPSA) is 95.0 Å². The first kappa shape index (κ1) is 23.8. The van der Waals surface area contributed by atoms with Crippen LogP contribution < -0.4 is 9.80 Å². The minimum absolute atomic E-state index is 0.000498. The Balaban J connectivity index is 2.84. The van der Waals surface area contributed by atoms with Crippen LogP contribution in [-0.4, -0.2) is 35.3 Å². The summed E-state index contributed by atoms with van der Waals surface area (Å²) in [4.78, 5) is 52.1. The van der Waals surface area contributed by atoms with E-state index in [1.165, 1.54) is 11.8 Å². The van der Waals surface area contributed by atoms with Gasteiger partial charge in [0.1, 0.15) is 0 Å². The van der Waals surface area contributed by atoms with E-state index in [9.17, 15) is 24.3 Å². The minimum Gasteiger partial charge on any atom is -0.478 e. The van der Waals surface area contributed by atoms with Gasteiger partial charge in [-0.3, -0.25) is 14.4 Å². The van der Waals surface area contributed by atoms with Gasteiger partial charge in [0.25, 0.3) is 0 Å². The fourth-order valence-corrected chi connectivity index (χ4v) is 7.70. The van der Waals surface area contributed by atoms with E-state index in [0.29, 0.717) is 29.4 Å². The summed E-state index contributed by atoms with van der Waals surface area (Å²) in [5.74, 6) is -2.08. The van der Waals surface area contributed by atoms with Crippen LogP contribution in [0, 0.1) is 10.7 Å². The average Bonchev–Trinajstić information content (AvgIpc) is 2.59. The SMILES string of the molecule is CCCCN(C(C)=O)c1c(I)c(C(=O)O)c(I)c(N2C(=O)CCCC2=O)c1I. The molecule has 7 nitrogen and oxygen atoms in total. The number of benzene rings is 1. The molecule has 1 aliphatic rings. The first-order chi connectivity index (χ1) is 13.1. The highest BCUT2D eigenvalue weighted by Crippen LogP contribution is 2.43. The quantitative estimate of drug-likeness (QED) is 0.347. The summed E-state index contributed by atoms with van der Waals surface area (Å²) in [7, 11) is 0. The number of imide groups is 1. The largest absolute Gasteiger partial charge is 0.478 e. The van der Waals surface area contributed by atoms with E-state index in [2.05, 4.69) is 0 Å². The van der Waals surface area contributed by atoms with Crippen molar-refractivity contribution in [3.8, 4) is 0 Å². The molecular weight excluding hydrogens is 705 g/mol. The standard InChI is InChI=1S/C18H19I3N2O5/c1-3-4-8-22(9(2)24)16-13(19)12(18(27)28)14(20)17(15(16)21)23-10(25)6-5-7-11(23)26/h3-8H2,1-2H3,(H,27,28). The second-order valence-corrected chi connectivity index (χ2v) is 9.56. The summed E-state index contributed by atoms with van der Waals surface area (Å²) < 4.78 is 1.28. The Labute approximate surface area is 204 Å². The van der Waals surface area contributed by atoms with Crippen molar-refractivity contribution in [3.63, 3.8) is 0 Å². The summed E-state index contributed by atoms with van der Waals surface area (Å²) in [5, 5.41) is 9.81. The van der Waals surface area contributed by atoms with Crippen molar-refractivity contribution in [1.29, 1.82) is 0 Å². The highest BCUT2D eigenvalue weighted by atomic mass is 127. The zero-order valence-corrected chi connectivity index (χ0v) is 21.8. The monoisotopic (exact) mass is 724 g/mol. The van der Waals surface area contributed by atoms with Crippen LogP contribution in [0.1, 0.15) is 56.3 Å². The number of carboxylic acids is 1. The van der Waals surface area contributed by atoms with Gasteiger partial charge in [0.05, 0.1) is 27.6 Å². The smallest absolute Gasteiger partial charge is 0.338 e. The van der Waals surface area contributed by atoms with Crippen LogP contribution in [0.15, 0.2) is 0 Å². The number of hydrogen-bond acceptors (Lipinski definition) is 4. The maximum absolute atomic E-state index is 12.5. The number of nitrogens with zero attached hydrogens (tertiary/aromatic N) is 2. The molecule has 28 heavy (non-hydrogen) atoms. The maximum Gasteiger partial charge on any atom is 0.338 e. The van der Waals surface area contributed by atoms with Crippen LogP contribution in [0.4, 0.5) is 11.4 Å². The lowest BCUT2D eigenvalue weighted by Crippen LogP contribution is -2.42. The van der Waals surface area contributed by atoms with Gasteiger partial charge >= 0.3 is 5.97 Å². The van der Waals surface area contributed by atoms with E-state index < -0.39 is 5.97 Å². The predicted octanol–water partition coefficient (Wildman–Crippen LogP) is 4.40. The lowest BCUT2D eigenvalue weighted by atomic mass is 10.1. The van der Waals surface area contributed by atoms with Crippen LogP contribution >= 0.6 is 67.8 Å². The Kier molecular flexibility index (Phi) is 8.49. The van der Waals surface area contributed by atoms with Crippen molar-refractivity contribution >= 4 is 103 Å². The Bertz CT molecular complexity index is 840. The zero-order chi connectivity index (χ0) is 21.2. The number of rotatable bonds is 6. The molecule has 0 saturated carbocycles. The number of hydrogen-bond donors (Lipinski definition) is 1. The molecule has 1 saturated heterocycles. The third-order valence-electron chi connectivity index (χ3n) is 4.37. The second-order valence-electron chi connectivity index (χ2n) is 6.32. The molecule has 0 radical (unpaired) electrons. The number of amides is 3. The first-order valence-corrected chi connectivity index (χ1v) is 11.9. The Morgan fingerprint density at radius 2 is 1.64 bits per heavy atom. The van der Waals surface area contributed by atoms with Crippen molar-refractivity contribution in [2.24, 2.45) is 0 Å². The highest BCUT2D eigenvalue weighted by Gasteiger charge is 2.36. The van der Waals surface area contributed by atoms with Crippen molar-refractivity contribution < 1.29 is 24.3 Å². The lowest BCUT2D eigenvalue weighted by Gasteiger charge is -2.31. The molecule has 0 atom stereocenters. The Hall–Kier alpha value is -0.510. The Morgan fingerprint density at radius 1 is 1.07 bits per heavy atom.